The zero-order valence-corrected chi connectivity index (χ0v) is 25.7. The number of halogens is 3. The number of hydrogen-bond donors (Lipinski definition) is 1. The predicted octanol–water partition coefficient (Wildman–Crippen LogP) is 5.24. The average molecular weight is 658 g/mol. The lowest BCUT2D eigenvalue weighted by molar-refractivity contribution is -0.215. The third kappa shape index (κ3) is 5.48. The zero-order valence-electron chi connectivity index (χ0n) is 23.5. The number of aromatic nitrogens is 2. The smallest absolute Gasteiger partial charge is 0.351 e. The van der Waals surface area contributed by atoms with Crippen LogP contribution >= 0.6 is 34.8 Å². The van der Waals surface area contributed by atoms with Gasteiger partial charge in [0.05, 0.1) is 14.2 Å². The fourth-order valence-electron chi connectivity index (χ4n) is 5.46. The van der Waals surface area contributed by atoms with Crippen molar-refractivity contribution in [1.29, 1.82) is 0 Å². The van der Waals surface area contributed by atoms with E-state index < -0.39 is 39.7 Å². The van der Waals surface area contributed by atoms with Crippen molar-refractivity contribution in [2.24, 2.45) is 4.99 Å². The normalized spacial score (nSPS) is 21.3. The molecule has 0 aliphatic carbocycles. The number of fused-ring (bicyclic) bond motifs is 1. The number of hydrogen-bond acceptors (Lipinski definition) is 9. The Labute approximate surface area is 267 Å². The Bertz CT molecular complexity index is 1660. The number of ether oxygens (including phenoxy) is 5. The fourth-order valence-corrected chi connectivity index (χ4v) is 5.74. The van der Waals surface area contributed by atoms with E-state index in [0.29, 0.717) is 11.5 Å². The summed E-state index contributed by atoms with van der Waals surface area (Å²) in [5.41, 5.74) is 6.11. The van der Waals surface area contributed by atoms with E-state index in [4.69, 9.17) is 64.2 Å². The molecule has 3 aromatic carbocycles. The van der Waals surface area contributed by atoms with Crippen LogP contribution in [-0.4, -0.2) is 51.9 Å². The molecule has 1 aromatic heterocycles. The van der Waals surface area contributed by atoms with Crippen LogP contribution in [0.5, 0.6) is 11.5 Å². The van der Waals surface area contributed by atoms with Crippen LogP contribution < -0.4 is 20.9 Å². The van der Waals surface area contributed by atoms with Crippen LogP contribution in [0.4, 0.5) is 5.82 Å². The molecule has 2 aliphatic heterocycles. The van der Waals surface area contributed by atoms with E-state index in [1.165, 1.54) is 16.8 Å². The lowest BCUT2D eigenvalue weighted by Crippen LogP contribution is -2.42. The van der Waals surface area contributed by atoms with Crippen molar-refractivity contribution < 1.29 is 23.7 Å². The second-order valence-corrected chi connectivity index (χ2v) is 12.3. The quantitative estimate of drug-likeness (QED) is 0.202. The summed E-state index contributed by atoms with van der Waals surface area (Å²) >= 11 is 18.6. The number of nitrogens with two attached hydrogens (primary N) is 1. The molecule has 0 bridgehead atoms. The molecule has 228 valence electrons. The molecule has 2 aliphatic rings. The molecular formula is C31H27Cl3N4O6. The Balaban J connectivity index is 1.52. The van der Waals surface area contributed by atoms with Crippen molar-refractivity contribution in [3.8, 4) is 11.5 Å². The maximum absolute atomic E-state index is 12.9. The highest BCUT2D eigenvalue weighted by atomic mass is 35.6. The van der Waals surface area contributed by atoms with E-state index in [1.54, 1.807) is 14.2 Å². The Morgan fingerprint density at radius 2 is 1.41 bits per heavy atom. The highest BCUT2D eigenvalue weighted by Crippen LogP contribution is 2.48. The molecule has 2 N–H and O–H groups in total. The van der Waals surface area contributed by atoms with Gasteiger partial charge in [-0.25, -0.2) is 9.79 Å². The van der Waals surface area contributed by atoms with Crippen LogP contribution in [0.3, 0.4) is 0 Å². The lowest BCUT2D eigenvalue weighted by atomic mass is 9.80. The van der Waals surface area contributed by atoms with Crippen LogP contribution in [-0.2, 0) is 19.8 Å². The molecule has 1 saturated heterocycles. The third-order valence-electron chi connectivity index (χ3n) is 7.52. The van der Waals surface area contributed by atoms with E-state index in [2.05, 4.69) is 9.98 Å². The minimum Gasteiger partial charge on any atom is -0.497 e. The topological polar surface area (TPSA) is 119 Å². The first-order chi connectivity index (χ1) is 21.1. The van der Waals surface area contributed by atoms with Crippen molar-refractivity contribution >= 4 is 46.5 Å². The first-order valence-electron chi connectivity index (χ1n) is 13.5. The first kappa shape index (κ1) is 30.2. The first-order valence-corrected chi connectivity index (χ1v) is 14.6. The number of nitrogens with zero attached hydrogens (tertiary/aromatic N) is 3. The van der Waals surface area contributed by atoms with E-state index in [9.17, 15) is 4.79 Å². The van der Waals surface area contributed by atoms with Crippen molar-refractivity contribution in [3.63, 3.8) is 0 Å². The van der Waals surface area contributed by atoms with E-state index >= 15 is 0 Å². The van der Waals surface area contributed by atoms with Crippen molar-refractivity contribution in [1.82, 2.24) is 9.55 Å². The molecule has 44 heavy (non-hydrogen) atoms. The van der Waals surface area contributed by atoms with Crippen LogP contribution in [0.25, 0.3) is 0 Å². The van der Waals surface area contributed by atoms with E-state index in [-0.39, 0.29) is 11.7 Å². The Morgan fingerprint density at radius 3 is 1.93 bits per heavy atom. The molecule has 0 amide bonds. The van der Waals surface area contributed by atoms with Gasteiger partial charge in [0.15, 0.2) is 12.3 Å². The molecule has 0 unspecified atom stereocenters. The van der Waals surface area contributed by atoms with Gasteiger partial charge in [0.1, 0.15) is 29.0 Å². The summed E-state index contributed by atoms with van der Waals surface area (Å²) in [6.45, 7) is 0. The largest absolute Gasteiger partial charge is 0.497 e. The second kappa shape index (κ2) is 11.9. The number of aliphatic imine (C=N–C) groups is 1. The maximum atomic E-state index is 12.9. The van der Waals surface area contributed by atoms with Crippen LogP contribution in [0, 0.1) is 0 Å². The second-order valence-electron chi connectivity index (χ2n) is 10.1. The van der Waals surface area contributed by atoms with Gasteiger partial charge >= 0.3 is 5.69 Å². The SMILES string of the molecule is COc1ccc(C(O[C@@H]2O[C@H](n3ccc(N)nc3=O)[C@H]3N=C(C(Cl)(Cl)Cl)O[C@@H]23)(c2ccccc2)c2ccc(OC)cc2)cc1. The molecule has 1 fully saturated rings. The average Bonchev–Trinajstić information content (AvgIpc) is 3.62. The summed E-state index contributed by atoms with van der Waals surface area (Å²) in [6, 6.07) is 25.3. The van der Waals surface area contributed by atoms with Gasteiger partial charge in [-0.1, -0.05) is 89.4 Å². The minimum absolute atomic E-state index is 0.0591. The Hall–Kier alpha value is -3.80. The molecular weight excluding hydrogens is 631 g/mol. The zero-order chi connectivity index (χ0) is 31.1. The summed E-state index contributed by atoms with van der Waals surface area (Å²) in [5.74, 6) is 1.24. The van der Waals surface area contributed by atoms with Crippen molar-refractivity contribution in [2.45, 2.75) is 34.1 Å². The molecule has 3 heterocycles. The van der Waals surface area contributed by atoms with E-state index in [0.717, 1.165) is 16.7 Å². The number of anilines is 1. The highest BCUT2D eigenvalue weighted by Gasteiger charge is 2.57. The van der Waals surface area contributed by atoms with Gasteiger partial charge in [0.2, 0.25) is 12.2 Å². The van der Waals surface area contributed by atoms with Crippen LogP contribution in [0.15, 0.2) is 101 Å². The van der Waals surface area contributed by atoms with Crippen LogP contribution in [0.2, 0.25) is 0 Å². The van der Waals surface area contributed by atoms with Gasteiger partial charge < -0.3 is 29.4 Å². The van der Waals surface area contributed by atoms with Gasteiger partial charge in [-0.2, -0.15) is 4.98 Å². The minimum atomic E-state index is -1.97. The van der Waals surface area contributed by atoms with Crippen molar-refractivity contribution in [2.75, 3.05) is 20.0 Å². The lowest BCUT2D eigenvalue weighted by Gasteiger charge is -2.38. The summed E-state index contributed by atoms with van der Waals surface area (Å²) in [5, 5.41) is 0. The monoisotopic (exact) mass is 656 g/mol. The Kier molecular flexibility index (Phi) is 8.21. The number of rotatable bonds is 8. The molecule has 0 saturated carbocycles. The molecule has 4 atom stereocenters. The maximum Gasteiger partial charge on any atom is 0.351 e. The van der Waals surface area contributed by atoms with E-state index in [1.807, 2.05) is 78.9 Å². The van der Waals surface area contributed by atoms with Crippen molar-refractivity contribution in [3.05, 3.63) is 118 Å². The highest BCUT2D eigenvalue weighted by molar-refractivity contribution is 6.76. The number of nitrogen functional groups attached to an aromatic ring is 1. The predicted molar refractivity (Wildman–Crippen MR) is 167 cm³/mol. The molecule has 0 spiro atoms. The third-order valence-corrected chi connectivity index (χ3v) is 8.00. The van der Waals surface area contributed by atoms with Gasteiger partial charge in [0.25, 0.3) is 3.79 Å². The molecule has 10 nitrogen and oxygen atoms in total. The van der Waals surface area contributed by atoms with Crippen LogP contribution in [0.1, 0.15) is 22.9 Å². The number of alkyl halides is 3. The summed E-state index contributed by atoms with van der Waals surface area (Å²) in [4.78, 5) is 21.3. The molecule has 0 radical (unpaired) electrons. The van der Waals surface area contributed by atoms with Gasteiger partial charge in [-0.3, -0.25) is 4.57 Å². The molecule has 13 heteroatoms. The summed E-state index contributed by atoms with van der Waals surface area (Å²) in [7, 11) is 3.19. The fraction of sp³-hybridized carbons (Fsp3) is 0.258. The molecule has 4 aromatic rings. The number of methoxy groups -OCH3 is 2. The Morgan fingerprint density at radius 1 is 0.841 bits per heavy atom. The van der Waals surface area contributed by atoms with Gasteiger partial charge in [-0.15, -0.1) is 0 Å². The standard InChI is InChI=1S/C31H27Cl3N4O6/c1-40-21-12-8-19(9-13-21)30(18-6-4-3-5-7-18,20-10-14-22(41-2)15-11-20)44-27-25-24(37-28(42-25)31(32,33)34)26(43-27)38-17-16-23(35)36-29(38)39/h3-17,24-27H,1-2H3,(H2,35,36,39)/t24-,25+,26-,27-/m0/s1. The number of benzene rings is 3. The summed E-state index contributed by atoms with van der Waals surface area (Å²) in [6.07, 6.45) is -1.59. The molecule has 6 rings (SSSR count). The summed E-state index contributed by atoms with van der Waals surface area (Å²) < 4.78 is 29.8. The van der Waals surface area contributed by atoms with Gasteiger partial charge in [0, 0.05) is 6.20 Å². The van der Waals surface area contributed by atoms with Gasteiger partial charge in [-0.05, 0) is 47.0 Å².